The first-order chi connectivity index (χ1) is 8.79. The van der Waals surface area contributed by atoms with Gasteiger partial charge in [-0.25, -0.2) is 0 Å². The van der Waals surface area contributed by atoms with Gasteiger partial charge in [0.2, 0.25) is 0 Å². The molecule has 5 heteroatoms. The Kier molecular flexibility index (Phi) is 5.85. The third-order valence-electron chi connectivity index (χ3n) is 4.14. The van der Waals surface area contributed by atoms with Gasteiger partial charge in [-0.2, -0.15) is 0 Å². The van der Waals surface area contributed by atoms with Crippen LogP contribution in [0.1, 0.15) is 0 Å². The molecule has 0 saturated carbocycles. The van der Waals surface area contributed by atoms with Gasteiger partial charge in [-0.1, -0.05) is 0 Å². The first-order valence-corrected chi connectivity index (χ1v) is 7.17. The van der Waals surface area contributed by atoms with Crippen LogP contribution in [0, 0.1) is 0 Å². The number of piperazine rings is 1. The van der Waals surface area contributed by atoms with Gasteiger partial charge in [0, 0.05) is 58.4 Å². The summed E-state index contributed by atoms with van der Waals surface area (Å²) in [6.07, 6.45) is 0. The van der Waals surface area contributed by atoms with Crippen LogP contribution >= 0.6 is 0 Å². The molecule has 0 bridgehead atoms. The second-order valence-electron chi connectivity index (χ2n) is 5.45. The van der Waals surface area contributed by atoms with Crippen LogP contribution in [-0.2, 0) is 4.74 Å². The summed E-state index contributed by atoms with van der Waals surface area (Å²) < 4.78 is 5.38. The van der Waals surface area contributed by atoms with Crippen LogP contribution in [0.15, 0.2) is 0 Å². The van der Waals surface area contributed by atoms with E-state index >= 15 is 0 Å². The smallest absolute Gasteiger partial charge is 0.0594 e. The Hall–Kier alpha value is -0.200. The molecular weight excluding hydrogens is 228 g/mol. The lowest BCUT2D eigenvalue weighted by atomic mass is 10.1. The van der Waals surface area contributed by atoms with E-state index in [0.29, 0.717) is 6.04 Å². The lowest BCUT2D eigenvalue weighted by molar-refractivity contribution is 0.0268. The van der Waals surface area contributed by atoms with E-state index in [1.165, 1.54) is 32.7 Å². The second-order valence-corrected chi connectivity index (χ2v) is 5.45. The third kappa shape index (κ3) is 4.17. The van der Waals surface area contributed by atoms with Gasteiger partial charge in [0.25, 0.3) is 0 Å². The Morgan fingerprint density at radius 3 is 2.50 bits per heavy atom. The Morgan fingerprint density at radius 1 is 1.06 bits per heavy atom. The van der Waals surface area contributed by atoms with E-state index in [1.54, 1.807) is 0 Å². The Labute approximate surface area is 111 Å². The van der Waals surface area contributed by atoms with Crippen molar-refractivity contribution in [2.45, 2.75) is 6.04 Å². The van der Waals surface area contributed by atoms with Gasteiger partial charge >= 0.3 is 0 Å². The molecule has 0 radical (unpaired) electrons. The van der Waals surface area contributed by atoms with Crippen molar-refractivity contribution in [3.8, 4) is 0 Å². The topological polar surface area (TPSA) is 31.0 Å². The van der Waals surface area contributed by atoms with Crippen molar-refractivity contribution in [1.29, 1.82) is 0 Å². The minimum absolute atomic E-state index is 0.661. The summed E-state index contributed by atoms with van der Waals surface area (Å²) in [6.45, 7) is 11.1. The van der Waals surface area contributed by atoms with Crippen LogP contribution < -0.4 is 5.32 Å². The SMILES string of the molecule is CNCC1CN(CCN2CCOCC2)CCN1C. The van der Waals surface area contributed by atoms with Crippen molar-refractivity contribution in [2.24, 2.45) is 0 Å². The summed E-state index contributed by atoms with van der Waals surface area (Å²) in [6, 6.07) is 0.661. The monoisotopic (exact) mass is 256 g/mol. The maximum atomic E-state index is 5.38. The molecule has 2 fully saturated rings. The zero-order valence-electron chi connectivity index (χ0n) is 11.9. The summed E-state index contributed by atoms with van der Waals surface area (Å²) in [5, 5.41) is 3.30. The van der Waals surface area contributed by atoms with Crippen LogP contribution in [0.3, 0.4) is 0 Å². The molecule has 1 unspecified atom stereocenters. The Bertz CT molecular complexity index is 233. The largest absolute Gasteiger partial charge is 0.379 e. The number of morpholine rings is 1. The maximum Gasteiger partial charge on any atom is 0.0594 e. The molecular formula is C13H28N4O. The van der Waals surface area contributed by atoms with E-state index in [9.17, 15) is 0 Å². The average molecular weight is 256 g/mol. The van der Waals surface area contributed by atoms with E-state index in [0.717, 1.165) is 32.8 Å². The minimum Gasteiger partial charge on any atom is -0.379 e. The molecule has 2 aliphatic rings. The van der Waals surface area contributed by atoms with Crippen molar-refractivity contribution in [3.05, 3.63) is 0 Å². The number of hydrogen-bond donors (Lipinski definition) is 1. The van der Waals surface area contributed by atoms with Gasteiger partial charge in [-0.15, -0.1) is 0 Å². The third-order valence-corrected chi connectivity index (χ3v) is 4.14. The zero-order chi connectivity index (χ0) is 12.8. The van der Waals surface area contributed by atoms with E-state index in [1.807, 2.05) is 7.05 Å². The number of ether oxygens (including phenoxy) is 1. The molecule has 1 atom stereocenters. The highest BCUT2D eigenvalue weighted by Gasteiger charge is 2.23. The molecule has 5 nitrogen and oxygen atoms in total. The summed E-state index contributed by atoms with van der Waals surface area (Å²) in [7, 11) is 4.28. The lowest BCUT2D eigenvalue weighted by Gasteiger charge is -2.40. The van der Waals surface area contributed by atoms with Crippen molar-refractivity contribution < 1.29 is 4.74 Å². The zero-order valence-corrected chi connectivity index (χ0v) is 11.9. The van der Waals surface area contributed by atoms with Gasteiger partial charge in [0.15, 0.2) is 0 Å². The first-order valence-electron chi connectivity index (χ1n) is 7.17. The number of hydrogen-bond acceptors (Lipinski definition) is 5. The number of nitrogens with zero attached hydrogens (tertiary/aromatic N) is 3. The molecule has 0 aromatic carbocycles. The molecule has 2 rings (SSSR count). The van der Waals surface area contributed by atoms with Crippen LogP contribution in [0.4, 0.5) is 0 Å². The van der Waals surface area contributed by atoms with Gasteiger partial charge in [0.05, 0.1) is 13.2 Å². The molecule has 2 aliphatic heterocycles. The van der Waals surface area contributed by atoms with E-state index in [2.05, 4.69) is 27.1 Å². The normalized spacial score (nSPS) is 28.7. The molecule has 0 amide bonds. The molecule has 0 aromatic rings. The van der Waals surface area contributed by atoms with E-state index in [4.69, 9.17) is 4.74 Å². The van der Waals surface area contributed by atoms with Crippen LogP contribution in [-0.4, -0.2) is 100 Å². The lowest BCUT2D eigenvalue weighted by Crippen LogP contribution is -2.55. The highest BCUT2D eigenvalue weighted by atomic mass is 16.5. The molecule has 2 saturated heterocycles. The fraction of sp³-hybridized carbons (Fsp3) is 1.00. The average Bonchev–Trinajstić information content (AvgIpc) is 2.41. The second kappa shape index (κ2) is 7.40. The van der Waals surface area contributed by atoms with E-state index < -0.39 is 0 Å². The summed E-state index contributed by atoms with van der Waals surface area (Å²) in [5.41, 5.74) is 0. The van der Waals surface area contributed by atoms with Gasteiger partial charge in [-0.3, -0.25) is 14.7 Å². The van der Waals surface area contributed by atoms with Crippen LogP contribution in [0.25, 0.3) is 0 Å². The molecule has 0 aliphatic carbocycles. The molecule has 106 valence electrons. The predicted molar refractivity (Wildman–Crippen MR) is 74.0 cm³/mol. The van der Waals surface area contributed by atoms with Gasteiger partial charge in [0.1, 0.15) is 0 Å². The Balaban J connectivity index is 1.69. The van der Waals surface area contributed by atoms with Crippen molar-refractivity contribution in [1.82, 2.24) is 20.0 Å². The molecule has 18 heavy (non-hydrogen) atoms. The van der Waals surface area contributed by atoms with E-state index in [-0.39, 0.29) is 0 Å². The summed E-state index contributed by atoms with van der Waals surface area (Å²) in [5.74, 6) is 0. The van der Waals surface area contributed by atoms with Crippen molar-refractivity contribution in [3.63, 3.8) is 0 Å². The summed E-state index contributed by atoms with van der Waals surface area (Å²) >= 11 is 0. The number of likely N-dealkylation sites (N-methyl/N-ethyl adjacent to an activating group) is 2. The fourth-order valence-electron chi connectivity index (χ4n) is 2.78. The maximum absolute atomic E-state index is 5.38. The number of rotatable bonds is 5. The number of nitrogens with one attached hydrogen (secondary N) is 1. The Morgan fingerprint density at radius 2 is 1.78 bits per heavy atom. The molecule has 0 spiro atoms. The minimum atomic E-state index is 0.661. The highest BCUT2D eigenvalue weighted by Crippen LogP contribution is 2.07. The van der Waals surface area contributed by atoms with Crippen LogP contribution in [0.5, 0.6) is 0 Å². The molecule has 2 heterocycles. The van der Waals surface area contributed by atoms with Crippen molar-refractivity contribution >= 4 is 0 Å². The highest BCUT2D eigenvalue weighted by molar-refractivity contribution is 4.82. The fourth-order valence-corrected chi connectivity index (χ4v) is 2.78. The standard InChI is InChI=1S/C13H28N4O/c1-14-11-13-12-17(4-3-15(13)2)6-5-16-7-9-18-10-8-16/h13-14H,3-12H2,1-2H3. The first kappa shape index (κ1) is 14.2. The van der Waals surface area contributed by atoms with Gasteiger partial charge in [-0.05, 0) is 14.1 Å². The molecule has 0 aromatic heterocycles. The summed E-state index contributed by atoms with van der Waals surface area (Å²) in [4.78, 5) is 7.61. The van der Waals surface area contributed by atoms with Crippen molar-refractivity contribution in [2.75, 3.05) is 79.7 Å². The predicted octanol–water partition coefficient (Wildman–Crippen LogP) is -0.846. The molecule has 1 N–H and O–H groups in total. The quantitative estimate of drug-likeness (QED) is 0.693. The van der Waals surface area contributed by atoms with Crippen LogP contribution in [0.2, 0.25) is 0 Å². The van der Waals surface area contributed by atoms with Gasteiger partial charge < -0.3 is 10.1 Å².